The highest BCUT2D eigenvalue weighted by Crippen LogP contribution is 2.32. The molecule has 3 atom stereocenters. The van der Waals surface area contributed by atoms with E-state index in [1.807, 2.05) is 26.0 Å². The number of hydrogen-bond acceptors (Lipinski definition) is 7. The number of nitrogens with zero attached hydrogens (tertiary/aromatic N) is 5. The first-order valence-corrected chi connectivity index (χ1v) is 9.30. The van der Waals surface area contributed by atoms with Gasteiger partial charge in [0.1, 0.15) is 5.82 Å². The normalized spacial score (nSPS) is 19.4. The third kappa shape index (κ3) is 4.24. The van der Waals surface area contributed by atoms with E-state index in [2.05, 4.69) is 30.5 Å². The van der Waals surface area contributed by atoms with Crippen LogP contribution in [0.25, 0.3) is 0 Å². The molecule has 3 rings (SSSR count). The first-order chi connectivity index (χ1) is 13.0. The van der Waals surface area contributed by atoms with Crippen molar-refractivity contribution >= 4 is 11.8 Å². The van der Waals surface area contributed by atoms with E-state index >= 15 is 0 Å². The Balaban J connectivity index is 1.81. The van der Waals surface area contributed by atoms with Gasteiger partial charge in [0.25, 0.3) is 0 Å². The standard InChI is InChI=1S/C18H26N6O3/c1-11(2)16(18(26)27)14(17-20-22-23-21-17)8-12-5-6-15(19-9-12)24-7-3-4-13(24)10-25/h5-6,9,11,13-14,16,25H,3-4,7-8,10H2,1-2H3,(H,26,27)(H,20,21,22,23)/t13?,14-,16-/m0/s1. The monoisotopic (exact) mass is 374 g/mol. The minimum absolute atomic E-state index is 0.0697. The molecule has 0 aromatic carbocycles. The van der Waals surface area contributed by atoms with E-state index in [4.69, 9.17) is 0 Å². The number of rotatable bonds is 8. The minimum Gasteiger partial charge on any atom is -0.481 e. The maximum Gasteiger partial charge on any atom is 0.307 e. The molecule has 3 N–H and O–H groups in total. The molecule has 1 saturated heterocycles. The van der Waals surface area contributed by atoms with E-state index in [0.29, 0.717) is 12.2 Å². The van der Waals surface area contributed by atoms with E-state index in [9.17, 15) is 15.0 Å². The molecule has 0 bridgehead atoms. The third-order valence-electron chi connectivity index (χ3n) is 5.30. The number of aliphatic hydroxyl groups excluding tert-OH is 1. The van der Waals surface area contributed by atoms with E-state index in [0.717, 1.165) is 30.8 Å². The molecule has 1 aliphatic heterocycles. The Morgan fingerprint density at radius 3 is 2.78 bits per heavy atom. The van der Waals surface area contributed by atoms with Crippen molar-refractivity contribution in [2.24, 2.45) is 11.8 Å². The van der Waals surface area contributed by atoms with E-state index in [1.54, 1.807) is 6.20 Å². The molecule has 146 valence electrons. The van der Waals surface area contributed by atoms with Crippen LogP contribution in [0.15, 0.2) is 18.3 Å². The van der Waals surface area contributed by atoms with Crippen molar-refractivity contribution < 1.29 is 15.0 Å². The van der Waals surface area contributed by atoms with Gasteiger partial charge in [0.2, 0.25) is 0 Å². The summed E-state index contributed by atoms with van der Waals surface area (Å²) < 4.78 is 0. The summed E-state index contributed by atoms with van der Waals surface area (Å²) in [4.78, 5) is 18.5. The van der Waals surface area contributed by atoms with Crippen molar-refractivity contribution in [3.63, 3.8) is 0 Å². The van der Waals surface area contributed by atoms with Crippen LogP contribution in [-0.4, -0.2) is 61.0 Å². The van der Waals surface area contributed by atoms with Crippen molar-refractivity contribution in [1.29, 1.82) is 0 Å². The fourth-order valence-electron chi connectivity index (χ4n) is 3.93. The van der Waals surface area contributed by atoms with E-state index in [1.165, 1.54) is 0 Å². The van der Waals surface area contributed by atoms with Crippen LogP contribution in [0.1, 0.15) is 44.0 Å². The maximum absolute atomic E-state index is 11.8. The van der Waals surface area contributed by atoms with Crippen LogP contribution in [0.3, 0.4) is 0 Å². The molecule has 0 spiro atoms. The number of aromatic nitrogens is 5. The summed E-state index contributed by atoms with van der Waals surface area (Å²) in [6, 6.07) is 4.02. The number of aromatic amines is 1. The summed E-state index contributed by atoms with van der Waals surface area (Å²) in [6.45, 7) is 4.79. The summed E-state index contributed by atoms with van der Waals surface area (Å²) in [5.41, 5.74) is 0.923. The number of carboxylic acid groups (broad SMARTS) is 1. The Morgan fingerprint density at radius 1 is 1.41 bits per heavy atom. The fraction of sp³-hybridized carbons (Fsp3) is 0.611. The number of anilines is 1. The largest absolute Gasteiger partial charge is 0.481 e. The molecule has 1 fully saturated rings. The van der Waals surface area contributed by atoms with Crippen LogP contribution in [0.5, 0.6) is 0 Å². The topological polar surface area (TPSA) is 128 Å². The van der Waals surface area contributed by atoms with Crippen LogP contribution in [0.2, 0.25) is 0 Å². The van der Waals surface area contributed by atoms with Gasteiger partial charge in [0, 0.05) is 18.7 Å². The van der Waals surface area contributed by atoms with Crippen molar-refractivity contribution in [3.8, 4) is 0 Å². The van der Waals surface area contributed by atoms with Crippen molar-refractivity contribution in [1.82, 2.24) is 25.6 Å². The van der Waals surface area contributed by atoms with Gasteiger partial charge in [-0.15, -0.1) is 5.10 Å². The van der Waals surface area contributed by atoms with Gasteiger partial charge in [-0.25, -0.2) is 10.1 Å². The molecular weight excluding hydrogens is 348 g/mol. The molecule has 1 aliphatic rings. The Kier molecular flexibility index (Phi) is 6.00. The molecule has 0 saturated carbocycles. The number of carbonyl (C=O) groups is 1. The molecule has 0 amide bonds. The molecule has 1 unspecified atom stereocenters. The number of carboxylic acids is 1. The molecule has 9 heteroatoms. The first-order valence-electron chi connectivity index (χ1n) is 9.30. The zero-order chi connectivity index (χ0) is 19.4. The van der Waals surface area contributed by atoms with Gasteiger partial charge in [-0.3, -0.25) is 4.79 Å². The Hall–Kier alpha value is -2.55. The predicted octanol–water partition coefficient (Wildman–Crippen LogP) is 1.24. The van der Waals surface area contributed by atoms with Crippen LogP contribution in [-0.2, 0) is 11.2 Å². The van der Waals surface area contributed by atoms with Crippen molar-refractivity contribution in [3.05, 3.63) is 29.7 Å². The Bertz CT molecular complexity index is 734. The summed E-state index contributed by atoms with van der Waals surface area (Å²) in [5.74, 6) is -0.607. The Morgan fingerprint density at radius 2 is 2.22 bits per heavy atom. The lowest BCUT2D eigenvalue weighted by Crippen LogP contribution is -2.32. The minimum atomic E-state index is -0.862. The van der Waals surface area contributed by atoms with Gasteiger partial charge in [-0.05, 0) is 47.2 Å². The number of aliphatic carboxylic acids is 1. The molecule has 2 aromatic rings. The second-order valence-corrected chi connectivity index (χ2v) is 7.40. The fourth-order valence-corrected chi connectivity index (χ4v) is 3.93. The van der Waals surface area contributed by atoms with E-state index < -0.39 is 11.9 Å². The average Bonchev–Trinajstić information content (AvgIpc) is 3.32. The Labute approximate surface area is 157 Å². The van der Waals surface area contributed by atoms with Crippen LogP contribution < -0.4 is 4.90 Å². The second kappa shape index (κ2) is 8.43. The van der Waals surface area contributed by atoms with Gasteiger partial charge < -0.3 is 15.1 Å². The number of nitrogens with one attached hydrogen (secondary N) is 1. The molecular formula is C18H26N6O3. The maximum atomic E-state index is 11.8. The highest BCUT2D eigenvalue weighted by atomic mass is 16.4. The summed E-state index contributed by atoms with van der Waals surface area (Å²) in [6.07, 6.45) is 4.26. The van der Waals surface area contributed by atoms with Crippen molar-refractivity contribution in [2.45, 2.75) is 45.1 Å². The molecule has 2 aromatic heterocycles. The number of H-pyrrole nitrogens is 1. The highest BCUT2D eigenvalue weighted by Gasteiger charge is 2.34. The SMILES string of the molecule is CC(C)[C@H](C(=O)O)[C@H](Cc1ccc(N2CCCC2CO)nc1)c1nnn[nH]1. The predicted molar refractivity (Wildman–Crippen MR) is 98.3 cm³/mol. The van der Waals surface area contributed by atoms with Crippen LogP contribution in [0, 0.1) is 11.8 Å². The van der Waals surface area contributed by atoms with Gasteiger partial charge in [-0.1, -0.05) is 19.9 Å². The van der Waals surface area contributed by atoms with Crippen LogP contribution >= 0.6 is 0 Å². The first kappa shape index (κ1) is 19.2. The number of aliphatic hydroxyl groups is 1. The smallest absolute Gasteiger partial charge is 0.307 e. The lowest BCUT2D eigenvalue weighted by molar-refractivity contribution is -0.144. The lowest BCUT2D eigenvalue weighted by atomic mass is 9.79. The molecule has 0 aliphatic carbocycles. The number of tetrazole rings is 1. The van der Waals surface area contributed by atoms with E-state index in [-0.39, 0.29) is 24.5 Å². The summed E-state index contributed by atoms with van der Waals surface area (Å²) in [5, 5.41) is 33.1. The number of pyridine rings is 1. The summed E-state index contributed by atoms with van der Waals surface area (Å²) >= 11 is 0. The average molecular weight is 374 g/mol. The van der Waals surface area contributed by atoms with Gasteiger partial charge >= 0.3 is 5.97 Å². The molecule has 27 heavy (non-hydrogen) atoms. The van der Waals surface area contributed by atoms with Crippen molar-refractivity contribution in [2.75, 3.05) is 18.1 Å². The van der Waals surface area contributed by atoms with Gasteiger partial charge in [0.05, 0.1) is 18.6 Å². The van der Waals surface area contributed by atoms with Crippen LogP contribution in [0.4, 0.5) is 5.82 Å². The highest BCUT2D eigenvalue weighted by molar-refractivity contribution is 5.71. The van der Waals surface area contributed by atoms with Gasteiger partial charge in [0.15, 0.2) is 5.82 Å². The molecule has 3 heterocycles. The second-order valence-electron chi connectivity index (χ2n) is 7.40. The number of hydrogen-bond donors (Lipinski definition) is 3. The zero-order valence-electron chi connectivity index (χ0n) is 15.6. The molecule has 9 nitrogen and oxygen atoms in total. The third-order valence-corrected chi connectivity index (χ3v) is 5.30. The lowest BCUT2D eigenvalue weighted by Gasteiger charge is -2.26. The quantitative estimate of drug-likeness (QED) is 0.629. The summed E-state index contributed by atoms with van der Waals surface area (Å²) in [7, 11) is 0. The zero-order valence-corrected chi connectivity index (χ0v) is 15.6. The van der Waals surface area contributed by atoms with Gasteiger partial charge in [-0.2, -0.15) is 0 Å². The molecule has 0 radical (unpaired) electrons.